The van der Waals surface area contributed by atoms with Gasteiger partial charge >= 0.3 is 0 Å². The molecule has 96 valence electrons. The number of aliphatic hydroxyl groups excluding tert-OH is 1. The first-order valence-corrected chi connectivity index (χ1v) is 6.96. The second kappa shape index (κ2) is 6.14. The molecule has 0 bridgehead atoms. The number of rotatable bonds is 6. The monoisotopic (exact) mass is 258 g/mol. The van der Waals surface area contributed by atoms with Gasteiger partial charge in [0.1, 0.15) is 0 Å². The molecule has 1 rings (SSSR count). The van der Waals surface area contributed by atoms with E-state index in [1.54, 1.807) is 0 Å². The maximum atomic E-state index is 11.1. The van der Waals surface area contributed by atoms with Gasteiger partial charge in [0, 0.05) is 0 Å². The maximum absolute atomic E-state index is 11.1. The van der Waals surface area contributed by atoms with Crippen LogP contribution in [-0.2, 0) is 20.7 Å². The van der Waals surface area contributed by atoms with Crippen molar-refractivity contribution in [1.29, 1.82) is 0 Å². The summed E-state index contributed by atoms with van der Waals surface area (Å²) < 4.78 is 26.5. The second-order valence-electron chi connectivity index (χ2n) is 3.99. The number of aliphatic hydroxyl groups is 1. The molecule has 0 aliphatic carbocycles. The van der Waals surface area contributed by atoms with Gasteiger partial charge in [-0.25, -0.2) is 0 Å². The summed E-state index contributed by atoms with van der Waals surface area (Å²) in [5.41, 5.74) is 0.895. The van der Waals surface area contributed by atoms with Crippen molar-refractivity contribution in [2.45, 2.75) is 31.6 Å². The van der Waals surface area contributed by atoms with Crippen LogP contribution in [0.5, 0.6) is 0 Å². The maximum Gasteiger partial charge on any atom is 0.294 e. The minimum Gasteiger partial charge on any atom is -0.375 e. The van der Waals surface area contributed by atoms with Crippen LogP contribution in [0.1, 0.15) is 24.0 Å². The zero-order valence-corrected chi connectivity index (χ0v) is 10.9. The standard InChI is InChI=1S/C12H18O4S/c1-10-6-8-11(9-7-10)4-3-5-12(13)17(14,15)16-2/h6-9,12-13H,3-5H2,1-2H3. The van der Waals surface area contributed by atoms with Gasteiger partial charge in [-0.15, -0.1) is 0 Å². The quantitative estimate of drug-likeness (QED) is 0.787. The van der Waals surface area contributed by atoms with Crippen molar-refractivity contribution >= 4 is 10.1 Å². The molecule has 1 unspecified atom stereocenters. The zero-order valence-electron chi connectivity index (χ0n) is 10.1. The predicted octanol–water partition coefficient (Wildman–Crippen LogP) is 1.61. The molecule has 0 saturated carbocycles. The predicted molar refractivity (Wildman–Crippen MR) is 66.1 cm³/mol. The minimum atomic E-state index is -3.80. The van der Waals surface area contributed by atoms with Gasteiger partial charge < -0.3 is 5.11 Å². The molecule has 17 heavy (non-hydrogen) atoms. The Labute approximate surface area is 102 Å². The fourth-order valence-corrected chi connectivity index (χ4v) is 2.17. The smallest absolute Gasteiger partial charge is 0.294 e. The summed E-state index contributed by atoms with van der Waals surface area (Å²) in [6.07, 6.45) is 1.54. The highest BCUT2D eigenvalue weighted by Crippen LogP contribution is 2.11. The molecule has 0 spiro atoms. The van der Waals surface area contributed by atoms with Crippen molar-refractivity contribution in [3.63, 3.8) is 0 Å². The van der Waals surface area contributed by atoms with Crippen molar-refractivity contribution in [2.24, 2.45) is 0 Å². The van der Waals surface area contributed by atoms with Crippen LogP contribution in [0, 0.1) is 6.92 Å². The van der Waals surface area contributed by atoms with Crippen molar-refractivity contribution in [1.82, 2.24) is 0 Å². The molecule has 0 saturated heterocycles. The fraction of sp³-hybridized carbons (Fsp3) is 0.500. The third kappa shape index (κ3) is 4.46. The first-order valence-electron chi connectivity index (χ1n) is 5.49. The van der Waals surface area contributed by atoms with Gasteiger partial charge in [-0.2, -0.15) is 8.42 Å². The highest BCUT2D eigenvalue weighted by molar-refractivity contribution is 7.87. The molecule has 0 aliphatic rings. The summed E-state index contributed by atoms with van der Waals surface area (Å²) in [6.45, 7) is 2.01. The fourth-order valence-electron chi connectivity index (χ4n) is 1.49. The van der Waals surface area contributed by atoms with E-state index in [2.05, 4.69) is 4.18 Å². The topological polar surface area (TPSA) is 63.6 Å². The van der Waals surface area contributed by atoms with E-state index in [0.717, 1.165) is 19.1 Å². The lowest BCUT2D eigenvalue weighted by molar-refractivity contribution is 0.213. The second-order valence-corrected chi connectivity index (χ2v) is 5.86. The lowest BCUT2D eigenvalue weighted by Gasteiger charge is -2.09. The summed E-state index contributed by atoms with van der Waals surface area (Å²) in [4.78, 5) is 0. The van der Waals surface area contributed by atoms with E-state index >= 15 is 0 Å². The van der Waals surface area contributed by atoms with E-state index < -0.39 is 15.6 Å². The van der Waals surface area contributed by atoms with Gasteiger partial charge in [-0.1, -0.05) is 29.8 Å². The third-order valence-corrected chi connectivity index (χ3v) is 3.97. The summed E-state index contributed by atoms with van der Waals surface area (Å²) >= 11 is 0. The van der Waals surface area contributed by atoms with Crippen LogP contribution in [0.25, 0.3) is 0 Å². The molecular weight excluding hydrogens is 240 g/mol. The van der Waals surface area contributed by atoms with Gasteiger partial charge in [-0.3, -0.25) is 4.18 Å². The zero-order chi connectivity index (χ0) is 12.9. The Morgan fingerprint density at radius 2 is 1.88 bits per heavy atom. The van der Waals surface area contributed by atoms with Gasteiger partial charge in [0.2, 0.25) is 0 Å². The lowest BCUT2D eigenvalue weighted by Crippen LogP contribution is -2.21. The number of benzene rings is 1. The van der Waals surface area contributed by atoms with Crippen LogP contribution in [-0.4, -0.2) is 26.1 Å². The Morgan fingerprint density at radius 3 is 2.41 bits per heavy atom. The van der Waals surface area contributed by atoms with Gasteiger partial charge in [0.05, 0.1) is 7.11 Å². The van der Waals surface area contributed by atoms with E-state index in [0.29, 0.717) is 6.42 Å². The minimum absolute atomic E-state index is 0.185. The SMILES string of the molecule is COS(=O)(=O)C(O)CCCc1ccc(C)cc1. The molecule has 5 heteroatoms. The van der Waals surface area contributed by atoms with E-state index in [1.807, 2.05) is 31.2 Å². The van der Waals surface area contributed by atoms with E-state index in [9.17, 15) is 13.5 Å². The van der Waals surface area contributed by atoms with E-state index in [4.69, 9.17) is 0 Å². The van der Waals surface area contributed by atoms with Crippen LogP contribution in [0.3, 0.4) is 0 Å². The summed E-state index contributed by atoms with van der Waals surface area (Å²) in [5, 5.41) is 9.39. The highest BCUT2D eigenvalue weighted by Gasteiger charge is 2.21. The molecule has 0 heterocycles. The lowest BCUT2D eigenvalue weighted by atomic mass is 10.1. The first-order chi connectivity index (χ1) is 7.95. The van der Waals surface area contributed by atoms with Crippen molar-refractivity contribution in [2.75, 3.05) is 7.11 Å². The van der Waals surface area contributed by atoms with Crippen LogP contribution in [0.4, 0.5) is 0 Å². The molecule has 4 nitrogen and oxygen atoms in total. The third-order valence-electron chi connectivity index (χ3n) is 2.60. The molecule has 0 fully saturated rings. The Balaban J connectivity index is 2.41. The number of hydrogen-bond donors (Lipinski definition) is 1. The Bertz CT molecular complexity index is 436. The molecule has 0 amide bonds. The number of hydrogen-bond acceptors (Lipinski definition) is 4. The normalized spacial score (nSPS) is 13.6. The molecular formula is C12H18O4S. The largest absolute Gasteiger partial charge is 0.375 e. The Hall–Kier alpha value is -0.910. The molecule has 1 atom stereocenters. The van der Waals surface area contributed by atoms with Crippen molar-refractivity contribution in [3.8, 4) is 0 Å². The average Bonchev–Trinajstić information content (AvgIpc) is 2.31. The summed E-state index contributed by atoms with van der Waals surface area (Å²) in [7, 11) is -2.75. The van der Waals surface area contributed by atoms with E-state index in [-0.39, 0.29) is 6.42 Å². The molecule has 1 N–H and O–H groups in total. The van der Waals surface area contributed by atoms with Crippen LogP contribution in [0.2, 0.25) is 0 Å². The highest BCUT2D eigenvalue weighted by atomic mass is 32.2. The summed E-state index contributed by atoms with van der Waals surface area (Å²) in [6, 6.07) is 8.04. The van der Waals surface area contributed by atoms with Crippen LogP contribution >= 0.6 is 0 Å². The molecule has 1 aromatic carbocycles. The molecule has 1 aromatic rings. The first kappa shape index (κ1) is 14.2. The number of aryl methyl sites for hydroxylation is 2. The van der Waals surface area contributed by atoms with Crippen LogP contribution in [0.15, 0.2) is 24.3 Å². The van der Waals surface area contributed by atoms with Crippen molar-refractivity contribution < 1.29 is 17.7 Å². The van der Waals surface area contributed by atoms with Gasteiger partial charge in [0.15, 0.2) is 5.44 Å². The van der Waals surface area contributed by atoms with Gasteiger partial charge in [0.25, 0.3) is 10.1 Å². The van der Waals surface area contributed by atoms with Crippen LogP contribution < -0.4 is 0 Å². The Morgan fingerprint density at radius 1 is 1.29 bits per heavy atom. The van der Waals surface area contributed by atoms with Crippen molar-refractivity contribution in [3.05, 3.63) is 35.4 Å². The van der Waals surface area contributed by atoms with Gasteiger partial charge in [-0.05, 0) is 31.7 Å². The molecule has 0 aliphatic heterocycles. The summed E-state index contributed by atoms with van der Waals surface area (Å²) in [5.74, 6) is 0. The molecule has 0 aromatic heterocycles. The Kier molecular flexibility index (Phi) is 5.11. The molecule has 0 radical (unpaired) electrons. The van der Waals surface area contributed by atoms with E-state index in [1.165, 1.54) is 5.56 Å². The average molecular weight is 258 g/mol.